The third-order valence-electron chi connectivity index (χ3n) is 3.19. The second-order valence-electron chi connectivity index (χ2n) is 5.50. The van der Waals surface area contributed by atoms with Gasteiger partial charge in [-0.05, 0) is 26.0 Å². The number of ether oxygens (including phenoxy) is 4. The van der Waals surface area contributed by atoms with Gasteiger partial charge in [0.05, 0.1) is 13.2 Å². The molecule has 0 saturated carbocycles. The van der Waals surface area contributed by atoms with E-state index < -0.39 is 0 Å². The van der Waals surface area contributed by atoms with Crippen LogP contribution in [0.4, 0.5) is 0 Å². The second-order valence-corrected chi connectivity index (χ2v) is 5.50. The van der Waals surface area contributed by atoms with Crippen LogP contribution in [0.3, 0.4) is 0 Å². The van der Waals surface area contributed by atoms with Crippen molar-refractivity contribution >= 4 is 0 Å². The number of hydrogen-bond acceptors (Lipinski definition) is 4. The van der Waals surface area contributed by atoms with Crippen molar-refractivity contribution in [2.75, 3.05) is 26.4 Å². The van der Waals surface area contributed by atoms with E-state index in [1.807, 2.05) is 38.1 Å². The van der Waals surface area contributed by atoms with Crippen molar-refractivity contribution in [2.45, 2.75) is 25.0 Å². The van der Waals surface area contributed by atoms with Gasteiger partial charge in [-0.3, -0.25) is 0 Å². The first-order valence-electron chi connectivity index (χ1n) is 6.21. The van der Waals surface area contributed by atoms with Crippen molar-refractivity contribution in [2.24, 2.45) is 0 Å². The lowest BCUT2D eigenvalue weighted by molar-refractivity contribution is 0.176. The van der Waals surface area contributed by atoms with Crippen molar-refractivity contribution in [3.05, 3.63) is 24.3 Å². The highest BCUT2D eigenvalue weighted by Gasteiger charge is 2.41. The molecule has 98 valence electrons. The molecule has 4 heteroatoms. The zero-order valence-corrected chi connectivity index (χ0v) is 10.8. The van der Waals surface area contributed by atoms with Gasteiger partial charge in [-0.25, -0.2) is 0 Å². The van der Waals surface area contributed by atoms with E-state index in [4.69, 9.17) is 18.9 Å². The molecular formula is C14H18O4. The summed E-state index contributed by atoms with van der Waals surface area (Å²) in [5.74, 6) is 1.52. The van der Waals surface area contributed by atoms with E-state index in [2.05, 4.69) is 0 Å². The normalized spacial score (nSPS) is 33.0. The van der Waals surface area contributed by atoms with Gasteiger partial charge >= 0.3 is 0 Å². The third-order valence-corrected chi connectivity index (χ3v) is 3.19. The second kappa shape index (κ2) is 4.14. The fraction of sp³-hybridized carbons (Fsp3) is 0.571. The highest BCUT2D eigenvalue weighted by Crippen LogP contribution is 2.33. The average molecular weight is 250 g/mol. The molecule has 2 heterocycles. The number of hydrogen-bond donors (Lipinski definition) is 0. The molecule has 0 spiro atoms. The predicted octanol–water partition coefficient (Wildman–Crippen LogP) is 2.02. The van der Waals surface area contributed by atoms with E-state index in [-0.39, 0.29) is 11.2 Å². The van der Waals surface area contributed by atoms with E-state index in [0.717, 1.165) is 24.7 Å². The lowest BCUT2D eigenvalue weighted by Crippen LogP contribution is -2.19. The van der Waals surface area contributed by atoms with Crippen LogP contribution < -0.4 is 9.47 Å². The summed E-state index contributed by atoms with van der Waals surface area (Å²) in [5.41, 5.74) is -0.225. The molecular weight excluding hydrogens is 232 g/mol. The minimum atomic E-state index is -0.112. The van der Waals surface area contributed by atoms with Gasteiger partial charge in [0.15, 0.2) is 11.5 Å². The maximum absolute atomic E-state index is 5.76. The van der Waals surface area contributed by atoms with Crippen molar-refractivity contribution in [3.63, 3.8) is 0 Å². The first kappa shape index (κ1) is 11.8. The van der Waals surface area contributed by atoms with Crippen LogP contribution in [-0.2, 0) is 9.47 Å². The molecule has 18 heavy (non-hydrogen) atoms. The summed E-state index contributed by atoms with van der Waals surface area (Å²) in [6, 6.07) is 7.70. The van der Waals surface area contributed by atoms with Gasteiger partial charge in [-0.2, -0.15) is 0 Å². The monoisotopic (exact) mass is 250 g/mol. The van der Waals surface area contributed by atoms with Crippen molar-refractivity contribution in [3.8, 4) is 11.5 Å². The van der Waals surface area contributed by atoms with Crippen LogP contribution >= 0.6 is 0 Å². The first-order valence-corrected chi connectivity index (χ1v) is 6.21. The molecule has 1 aromatic rings. The molecule has 4 nitrogen and oxygen atoms in total. The minimum absolute atomic E-state index is 0.112. The largest absolute Gasteiger partial charge is 0.487 e. The maximum atomic E-state index is 5.76. The Bertz CT molecular complexity index is 394. The Balaban J connectivity index is 1.61. The molecule has 2 saturated heterocycles. The van der Waals surface area contributed by atoms with Crippen molar-refractivity contribution in [1.82, 2.24) is 0 Å². The number of epoxide rings is 2. The molecule has 1 aromatic carbocycles. The highest BCUT2D eigenvalue weighted by molar-refractivity contribution is 5.39. The van der Waals surface area contributed by atoms with Crippen LogP contribution in [0.5, 0.6) is 11.5 Å². The Morgan fingerprint density at radius 2 is 1.33 bits per heavy atom. The fourth-order valence-corrected chi connectivity index (χ4v) is 1.56. The molecule has 0 radical (unpaired) electrons. The highest BCUT2D eigenvalue weighted by atomic mass is 16.6. The number of rotatable bonds is 6. The van der Waals surface area contributed by atoms with Gasteiger partial charge in [0.2, 0.25) is 0 Å². The third kappa shape index (κ3) is 2.76. The van der Waals surface area contributed by atoms with Gasteiger partial charge in [-0.15, -0.1) is 0 Å². The zero-order valence-electron chi connectivity index (χ0n) is 10.8. The lowest BCUT2D eigenvalue weighted by Gasteiger charge is -2.14. The average Bonchev–Trinajstić information content (AvgIpc) is 3.27. The van der Waals surface area contributed by atoms with Gasteiger partial charge in [0.25, 0.3) is 0 Å². The van der Waals surface area contributed by atoms with E-state index in [9.17, 15) is 0 Å². The Morgan fingerprint density at radius 1 is 0.944 bits per heavy atom. The van der Waals surface area contributed by atoms with Gasteiger partial charge in [0.1, 0.15) is 24.4 Å². The van der Waals surface area contributed by atoms with Gasteiger partial charge in [0, 0.05) is 0 Å². The molecule has 0 N–H and O–H groups in total. The number of para-hydroxylation sites is 2. The van der Waals surface area contributed by atoms with E-state index in [0.29, 0.717) is 13.2 Å². The van der Waals surface area contributed by atoms with Crippen molar-refractivity contribution in [1.29, 1.82) is 0 Å². The zero-order chi connectivity index (χ0) is 12.6. The molecule has 2 aliphatic rings. The molecule has 0 amide bonds. The molecule has 0 bridgehead atoms. The summed E-state index contributed by atoms with van der Waals surface area (Å²) in [4.78, 5) is 0. The van der Waals surface area contributed by atoms with Gasteiger partial charge in [-0.1, -0.05) is 12.1 Å². The van der Waals surface area contributed by atoms with E-state index in [1.165, 1.54) is 0 Å². The predicted molar refractivity (Wildman–Crippen MR) is 66.1 cm³/mol. The standard InChI is InChI=1S/C14H18O4/c1-13(9-17-13)7-15-11-5-3-4-6-12(11)16-8-14(2)10-18-14/h3-6H,7-10H2,1-2H3/t13-,14+. The van der Waals surface area contributed by atoms with Crippen LogP contribution in [0.2, 0.25) is 0 Å². The smallest absolute Gasteiger partial charge is 0.161 e. The maximum Gasteiger partial charge on any atom is 0.161 e. The Hall–Kier alpha value is -1.26. The Morgan fingerprint density at radius 3 is 1.67 bits per heavy atom. The quantitative estimate of drug-likeness (QED) is 0.724. The molecule has 2 aliphatic heterocycles. The number of benzene rings is 1. The molecule has 0 aliphatic carbocycles. The Labute approximate surface area is 107 Å². The lowest BCUT2D eigenvalue weighted by atomic mass is 10.2. The summed E-state index contributed by atoms with van der Waals surface area (Å²) < 4.78 is 22.1. The van der Waals surface area contributed by atoms with Crippen LogP contribution in [0, 0.1) is 0 Å². The van der Waals surface area contributed by atoms with Gasteiger partial charge < -0.3 is 18.9 Å². The summed E-state index contributed by atoms with van der Waals surface area (Å²) >= 11 is 0. The summed E-state index contributed by atoms with van der Waals surface area (Å²) in [6.45, 7) is 6.72. The van der Waals surface area contributed by atoms with Crippen molar-refractivity contribution < 1.29 is 18.9 Å². The minimum Gasteiger partial charge on any atom is -0.487 e. The molecule has 3 rings (SSSR count). The topological polar surface area (TPSA) is 43.5 Å². The SMILES string of the molecule is C[C@]1(COc2ccccc2OC[C@]2(C)CO2)CO1. The fourth-order valence-electron chi connectivity index (χ4n) is 1.56. The molecule has 2 atom stereocenters. The summed E-state index contributed by atoms with van der Waals surface area (Å²) in [6.07, 6.45) is 0. The van der Waals surface area contributed by atoms with Crippen LogP contribution in [0.15, 0.2) is 24.3 Å². The van der Waals surface area contributed by atoms with Crippen LogP contribution in [0.1, 0.15) is 13.8 Å². The summed E-state index contributed by atoms with van der Waals surface area (Å²) in [7, 11) is 0. The van der Waals surface area contributed by atoms with Crippen LogP contribution in [-0.4, -0.2) is 37.6 Å². The molecule has 2 fully saturated rings. The first-order chi connectivity index (χ1) is 8.59. The summed E-state index contributed by atoms with van der Waals surface area (Å²) in [5, 5.41) is 0. The van der Waals surface area contributed by atoms with E-state index in [1.54, 1.807) is 0 Å². The van der Waals surface area contributed by atoms with Crippen LogP contribution in [0.25, 0.3) is 0 Å². The molecule has 0 aromatic heterocycles. The van der Waals surface area contributed by atoms with E-state index >= 15 is 0 Å². The molecule has 0 unspecified atom stereocenters. The Kier molecular flexibility index (Phi) is 2.72.